The Hall–Kier alpha value is -3.87. The van der Waals surface area contributed by atoms with Gasteiger partial charge >= 0.3 is 0 Å². The quantitative estimate of drug-likeness (QED) is 0.506. The standard InChI is InChI=1S/C26H26N4O3/c1-4-17-13-14-20-18(15-17)9-8-12-21-23(28-33-24(20)21)25(31)27-22-16(2)29(3)30(26(22)32)19-10-6-5-7-11-19/h5-7,10-11,13-15H,4,8-9,12H2,1-3H3,(H,27,31). The van der Waals surface area contributed by atoms with E-state index in [1.54, 1.807) is 18.7 Å². The number of aromatic nitrogens is 3. The Morgan fingerprint density at radius 2 is 1.94 bits per heavy atom. The highest BCUT2D eigenvalue weighted by atomic mass is 16.5. The van der Waals surface area contributed by atoms with E-state index in [9.17, 15) is 9.59 Å². The van der Waals surface area contributed by atoms with Crippen molar-refractivity contribution in [3.63, 3.8) is 0 Å². The number of hydrogen-bond donors (Lipinski definition) is 1. The molecule has 2 heterocycles. The number of hydrogen-bond acceptors (Lipinski definition) is 4. The summed E-state index contributed by atoms with van der Waals surface area (Å²) in [6.07, 6.45) is 3.49. The van der Waals surface area contributed by atoms with E-state index < -0.39 is 5.91 Å². The molecule has 0 bridgehead atoms. The number of rotatable bonds is 4. The van der Waals surface area contributed by atoms with Crippen LogP contribution in [0.1, 0.15) is 46.2 Å². The summed E-state index contributed by atoms with van der Waals surface area (Å²) in [6.45, 7) is 3.94. The van der Waals surface area contributed by atoms with Gasteiger partial charge in [-0.2, -0.15) is 0 Å². The molecule has 0 aliphatic heterocycles. The predicted octanol–water partition coefficient (Wildman–Crippen LogP) is 4.44. The maximum atomic E-state index is 13.2. The lowest BCUT2D eigenvalue weighted by Gasteiger charge is -2.07. The van der Waals surface area contributed by atoms with E-state index in [1.165, 1.54) is 15.8 Å². The first-order valence-corrected chi connectivity index (χ1v) is 11.3. The van der Waals surface area contributed by atoms with Crippen molar-refractivity contribution >= 4 is 11.6 Å². The molecule has 1 aliphatic rings. The third kappa shape index (κ3) is 3.50. The molecule has 2 aromatic heterocycles. The van der Waals surface area contributed by atoms with Crippen molar-refractivity contribution in [2.45, 2.75) is 39.5 Å². The average Bonchev–Trinajstić information content (AvgIpc) is 3.27. The van der Waals surface area contributed by atoms with Gasteiger partial charge in [0.2, 0.25) is 0 Å². The van der Waals surface area contributed by atoms with E-state index in [4.69, 9.17) is 4.52 Å². The predicted molar refractivity (Wildman–Crippen MR) is 127 cm³/mol. The Balaban J connectivity index is 1.51. The van der Waals surface area contributed by atoms with E-state index >= 15 is 0 Å². The fourth-order valence-electron chi connectivity index (χ4n) is 4.57. The van der Waals surface area contributed by atoms with E-state index in [2.05, 4.69) is 35.6 Å². The largest absolute Gasteiger partial charge is 0.355 e. The fraction of sp³-hybridized carbons (Fsp3) is 0.269. The van der Waals surface area contributed by atoms with Crippen LogP contribution in [0.3, 0.4) is 0 Å². The molecule has 0 fully saturated rings. The van der Waals surface area contributed by atoms with Crippen molar-refractivity contribution in [1.29, 1.82) is 0 Å². The number of amides is 1. The first-order chi connectivity index (χ1) is 16.0. The first-order valence-electron chi connectivity index (χ1n) is 11.3. The average molecular weight is 443 g/mol. The van der Waals surface area contributed by atoms with Crippen LogP contribution in [0, 0.1) is 6.92 Å². The molecule has 4 aromatic rings. The summed E-state index contributed by atoms with van der Waals surface area (Å²) >= 11 is 0. The lowest BCUT2D eigenvalue weighted by atomic mass is 9.99. The lowest BCUT2D eigenvalue weighted by molar-refractivity contribution is 0.101. The molecule has 0 saturated carbocycles. The van der Waals surface area contributed by atoms with Gasteiger partial charge in [0.25, 0.3) is 11.5 Å². The lowest BCUT2D eigenvalue weighted by Crippen LogP contribution is -2.23. The topological polar surface area (TPSA) is 82.1 Å². The summed E-state index contributed by atoms with van der Waals surface area (Å²) in [5, 5.41) is 6.93. The number of benzene rings is 2. The normalized spacial score (nSPS) is 12.7. The zero-order valence-corrected chi connectivity index (χ0v) is 19.0. The number of nitrogens with zero attached hydrogens (tertiary/aromatic N) is 3. The molecule has 0 radical (unpaired) electrons. The first kappa shape index (κ1) is 21.0. The van der Waals surface area contributed by atoms with Crippen molar-refractivity contribution in [2.24, 2.45) is 7.05 Å². The van der Waals surface area contributed by atoms with Crippen molar-refractivity contribution in [2.75, 3.05) is 5.32 Å². The monoisotopic (exact) mass is 442 g/mol. The van der Waals surface area contributed by atoms with Gasteiger partial charge in [0.05, 0.1) is 11.4 Å². The molecule has 5 rings (SSSR count). The molecule has 7 heteroatoms. The summed E-state index contributed by atoms with van der Waals surface area (Å²) < 4.78 is 8.96. The molecule has 0 saturated heterocycles. The Morgan fingerprint density at radius 1 is 1.15 bits per heavy atom. The number of aryl methyl sites for hydroxylation is 2. The van der Waals surface area contributed by atoms with Gasteiger partial charge in [0.15, 0.2) is 11.5 Å². The van der Waals surface area contributed by atoms with Crippen LogP contribution >= 0.6 is 0 Å². The van der Waals surface area contributed by atoms with E-state index in [0.29, 0.717) is 17.9 Å². The number of anilines is 1. The fourth-order valence-corrected chi connectivity index (χ4v) is 4.57. The second kappa shape index (κ2) is 8.24. The van der Waals surface area contributed by atoms with Crippen LogP contribution in [0.25, 0.3) is 17.0 Å². The number of fused-ring (bicyclic) bond motifs is 3. The minimum absolute atomic E-state index is 0.240. The van der Waals surface area contributed by atoms with Gasteiger partial charge in [-0.15, -0.1) is 0 Å². The molecule has 1 aliphatic carbocycles. The summed E-state index contributed by atoms with van der Waals surface area (Å²) in [7, 11) is 1.79. The van der Waals surface area contributed by atoms with Crippen molar-refractivity contribution < 1.29 is 9.32 Å². The number of para-hydroxylation sites is 1. The van der Waals surface area contributed by atoms with Crippen LogP contribution in [0.2, 0.25) is 0 Å². The molecule has 1 N–H and O–H groups in total. The van der Waals surface area contributed by atoms with Crippen molar-refractivity contribution in [1.82, 2.24) is 14.5 Å². The zero-order chi connectivity index (χ0) is 23.1. The van der Waals surface area contributed by atoms with E-state index in [1.807, 2.05) is 30.3 Å². The summed E-state index contributed by atoms with van der Waals surface area (Å²) in [5.74, 6) is 0.224. The molecule has 2 aromatic carbocycles. The molecule has 0 spiro atoms. The molecule has 168 valence electrons. The van der Waals surface area contributed by atoms with Crippen molar-refractivity contribution in [3.8, 4) is 17.0 Å². The van der Waals surface area contributed by atoms with Crippen LogP contribution in [0.15, 0.2) is 57.8 Å². The van der Waals surface area contributed by atoms with Gasteiger partial charge < -0.3 is 9.84 Å². The van der Waals surface area contributed by atoms with Crippen molar-refractivity contribution in [3.05, 3.63) is 87.0 Å². The van der Waals surface area contributed by atoms with Crippen LogP contribution < -0.4 is 10.9 Å². The Bertz CT molecular complexity index is 1410. The molecule has 0 unspecified atom stereocenters. The van der Waals surface area contributed by atoms with Crippen LogP contribution in [0.5, 0.6) is 0 Å². The molecule has 33 heavy (non-hydrogen) atoms. The Kier molecular flexibility index (Phi) is 5.24. The highest BCUT2D eigenvalue weighted by Crippen LogP contribution is 2.35. The maximum Gasteiger partial charge on any atom is 0.295 e. The summed E-state index contributed by atoms with van der Waals surface area (Å²) in [5.41, 5.74) is 5.87. The number of carbonyl (C=O) groups excluding carboxylic acids is 1. The van der Waals surface area contributed by atoms with Gasteiger partial charge in [-0.1, -0.05) is 48.5 Å². The third-order valence-electron chi connectivity index (χ3n) is 6.49. The highest BCUT2D eigenvalue weighted by Gasteiger charge is 2.28. The molecule has 7 nitrogen and oxygen atoms in total. The minimum Gasteiger partial charge on any atom is -0.355 e. The maximum absolute atomic E-state index is 13.2. The Morgan fingerprint density at radius 3 is 2.70 bits per heavy atom. The number of carbonyl (C=O) groups is 1. The third-order valence-corrected chi connectivity index (χ3v) is 6.49. The van der Waals surface area contributed by atoms with Gasteiger partial charge in [-0.05, 0) is 55.9 Å². The summed E-state index contributed by atoms with van der Waals surface area (Å²) in [4.78, 5) is 26.4. The minimum atomic E-state index is -0.431. The number of nitrogens with one attached hydrogen (secondary N) is 1. The van der Waals surface area contributed by atoms with Crippen LogP contribution in [-0.2, 0) is 26.3 Å². The molecule has 1 amide bonds. The zero-order valence-electron chi connectivity index (χ0n) is 19.0. The van der Waals surface area contributed by atoms with Gasteiger partial charge in [0.1, 0.15) is 5.69 Å². The SMILES string of the molecule is CCc1ccc2c(c1)CCCc1c(C(=O)Nc3c(C)n(C)n(-c4ccccc4)c3=O)noc1-2. The van der Waals surface area contributed by atoms with E-state index in [-0.39, 0.29) is 16.9 Å². The van der Waals surface area contributed by atoms with Gasteiger partial charge in [0, 0.05) is 18.2 Å². The highest BCUT2D eigenvalue weighted by molar-refractivity contribution is 6.05. The molecular weight excluding hydrogens is 416 g/mol. The Labute approximate surface area is 191 Å². The molecular formula is C26H26N4O3. The summed E-state index contributed by atoms with van der Waals surface area (Å²) in [6, 6.07) is 15.7. The smallest absolute Gasteiger partial charge is 0.295 e. The van der Waals surface area contributed by atoms with E-state index in [0.717, 1.165) is 36.1 Å². The van der Waals surface area contributed by atoms with Crippen LogP contribution in [0.4, 0.5) is 5.69 Å². The van der Waals surface area contributed by atoms with Gasteiger partial charge in [-0.3, -0.25) is 14.3 Å². The molecule has 0 atom stereocenters. The van der Waals surface area contributed by atoms with Crippen LogP contribution in [-0.4, -0.2) is 20.4 Å². The second-order valence-corrected chi connectivity index (χ2v) is 8.43. The van der Waals surface area contributed by atoms with Gasteiger partial charge in [-0.25, -0.2) is 4.68 Å². The second-order valence-electron chi connectivity index (χ2n) is 8.43.